The highest BCUT2D eigenvalue weighted by atomic mass is 16.3. The van der Waals surface area contributed by atoms with Crippen molar-refractivity contribution in [3.05, 3.63) is 497 Å². The second-order valence-corrected chi connectivity index (χ2v) is 33.8. The summed E-state index contributed by atoms with van der Waals surface area (Å²) in [6.07, 6.45) is 0. The van der Waals surface area contributed by atoms with Crippen LogP contribution in [0.15, 0.2) is 423 Å². The van der Waals surface area contributed by atoms with E-state index in [2.05, 4.69) is 285 Å². The van der Waals surface area contributed by atoms with Crippen LogP contribution in [-0.2, 0) is 10.8 Å². The molecule has 22 aromatic rings. The average molecular weight is 1710 g/mol. The van der Waals surface area contributed by atoms with Crippen molar-refractivity contribution in [1.29, 1.82) is 10.5 Å². The molecule has 620 valence electrons. The van der Waals surface area contributed by atoms with Gasteiger partial charge in [0.2, 0.25) is 0 Å². The van der Waals surface area contributed by atoms with Crippen molar-refractivity contribution in [3.63, 3.8) is 0 Å². The summed E-state index contributed by atoms with van der Waals surface area (Å²) in [5.41, 5.74) is 30.2. The molecule has 18 aromatic carbocycles. The number of fused-ring (bicyclic) bond motifs is 24. The predicted octanol–water partition coefficient (Wildman–Crippen LogP) is 29.5. The van der Waals surface area contributed by atoms with Gasteiger partial charge in [-0.05, 0) is 175 Å². The van der Waals surface area contributed by atoms with Crippen molar-refractivity contribution >= 4 is 89.2 Å². The van der Waals surface area contributed by atoms with Crippen LogP contribution in [0.5, 0.6) is 0 Å². The number of benzene rings is 18. The fourth-order valence-corrected chi connectivity index (χ4v) is 21.3. The third-order valence-corrected chi connectivity index (χ3v) is 26.9. The van der Waals surface area contributed by atoms with Crippen molar-refractivity contribution in [2.24, 2.45) is 0 Å². The van der Waals surface area contributed by atoms with Gasteiger partial charge in [0.05, 0.1) is 80.3 Å². The summed E-state index contributed by atoms with van der Waals surface area (Å²) in [7, 11) is 0. The van der Waals surface area contributed by atoms with E-state index in [1.165, 1.54) is 55.3 Å². The second-order valence-electron chi connectivity index (χ2n) is 33.8. The summed E-state index contributed by atoms with van der Waals surface area (Å²) in [6, 6.07) is 149. The highest BCUT2D eigenvalue weighted by Crippen LogP contribution is 2.67. The third-order valence-electron chi connectivity index (χ3n) is 26.9. The maximum absolute atomic E-state index is 11.1. The topological polar surface area (TPSA) is 158 Å². The minimum Gasteiger partial charge on any atom is -0.456 e. The molecule has 0 atom stereocenters. The third kappa shape index (κ3) is 11.8. The van der Waals surface area contributed by atoms with Gasteiger partial charge in [-0.1, -0.05) is 322 Å². The van der Waals surface area contributed by atoms with Crippen LogP contribution >= 0.6 is 0 Å². The van der Waals surface area contributed by atoms with Crippen LogP contribution in [0.25, 0.3) is 161 Å². The van der Waals surface area contributed by atoms with Crippen molar-refractivity contribution in [2.45, 2.75) is 10.8 Å². The maximum atomic E-state index is 11.1. The summed E-state index contributed by atoms with van der Waals surface area (Å²) < 4.78 is 8.58. The number of hydrogen-bond acceptors (Lipinski definition) is 11. The first-order valence-electron chi connectivity index (χ1n) is 44.3. The van der Waals surface area contributed by atoms with Crippen LogP contribution in [0.4, 0.5) is 45.5 Å². The van der Waals surface area contributed by atoms with Gasteiger partial charge in [0, 0.05) is 60.6 Å². The molecular formula is C120H69N13O. The van der Waals surface area contributed by atoms with E-state index in [0.29, 0.717) is 79.9 Å². The van der Waals surface area contributed by atoms with E-state index < -0.39 is 10.8 Å². The monoisotopic (exact) mass is 1710 g/mol. The molecule has 0 saturated heterocycles. The Labute approximate surface area is 770 Å². The molecule has 0 radical (unpaired) electrons. The van der Waals surface area contributed by atoms with Crippen molar-refractivity contribution in [2.75, 3.05) is 9.80 Å². The molecular weight excluding hydrogens is 1640 g/mol. The van der Waals surface area contributed by atoms with Gasteiger partial charge in [0.25, 0.3) is 0 Å². The van der Waals surface area contributed by atoms with Gasteiger partial charge in [0.15, 0.2) is 46.3 Å². The van der Waals surface area contributed by atoms with Crippen molar-refractivity contribution < 1.29 is 4.42 Å². The van der Waals surface area contributed by atoms with Crippen LogP contribution in [0.3, 0.4) is 0 Å². The fourth-order valence-electron chi connectivity index (χ4n) is 21.3. The van der Waals surface area contributed by atoms with E-state index in [0.717, 1.165) is 117 Å². The summed E-state index contributed by atoms with van der Waals surface area (Å²) in [6.45, 7) is 17.2. The number of anilines is 6. The molecule has 26 rings (SSSR count). The molecule has 0 bridgehead atoms. The number of nitrogens with zero attached hydrogens (tertiary/aromatic N) is 13. The summed E-state index contributed by atoms with van der Waals surface area (Å²) in [4.78, 5) is 42.1. The van der Waals surface area contributed by atoms with Gasteiger partial charge in [-0.15, -0.1) is 0 Å². The first-order chi connectivity index (χ1) is 66.3. The summed E-state index contributed by atoms with van der Waals surface area (Å²) >= 11 is 0. The molecule has 134 heavy (non-hydrogen) atoms. The molecule has 4 aliphatic rings. The highest BCUT2D eigenvalue weighted by molar-refractivity contribution is 6.11. The van der Waals surface area contributed by atoms with E-state index >= 15 is 0 Å². The number of nitriles is 2. The van der Waals surface area contributed by atoms with Gasteiger partial charge in [0.1, 0.15) is 23.3 Å². The number of para-hydroxylation sites is 7. The van der Waals surface area contributed by atoms with Gasteiger partial charge in [-0.25, -0.2) is 39.6 Å². The normalized spacial score (nSPS) is 12.8. The van der Waals surface area contributed by atoms with Crippen LogP contribution in [0, 0.1) is 35.8 Å². The zero-order valence-corrected chi connectivity index (χ0v) is 71.6. The Hall–Kier alpha value is -18.9. The van der Waals surface area contributed by atoms with Crippen LogP contribution in [-0.4, -0.2) is 34.5 Å². The number of rotatable bonds is 10. The van der Waals surface area contributed by atoms with E-state index in [1.54, 1.807) is 12.1 Å². The SMILES string of the molecule is [C-]#[N+]c1cc(N2c3ccccc3C3(c4ccccc4-c4cc(-c5ccc6oc7ccccc7c6c5)ccc43)c3ccccc32)c(C#N)cc1-c1nc(-c2ccccc2)nc(-c2ccccc2)n1.[C-]#[N+]c1cc(N2c3ccccc3C3(c4ccccc4-c4cc(-n5c6ccccc6c6ccccc65)ccc43)c3ccccc32)c(C#N)cc1-c1nc(-c2ccccc2)nc(-c2ccccc2)n1. The molecule has 2 aliphatic heterocycles. The minimum absolute atomic E-state index is 0.316. The summed E-state index contributed by atoms with van der Waals surface area (Å²) in [5, 5.41) is 26.9. The Morgan fingerprint density at radius 2 is 0.575 bits per heavy atom. The van der Waals surface area contributed by atoms with E-state index in [4.69, 9.17) is 47.5 Å². The van der Waals surface area contributed by atoms with Gasteiger partial charge in [-0.3, -0.25) is 0 Å². The predicted molar refractivity (Wildman–Crippen MR) is 532 cm³/mol. The first kappa shape index (κ1) is 77.5. The Balaban J connectivity index is 0.000000143. The lowest BCUT2D eigenvalue weighted by Crippen LogP contribution is -2.36. The van der Waals surface area contributed by atoms with E-state index in [1.807, 2.05) is 158 Å². The quantitative estimate of drug-likeness (QED) is 0.120. The zero-order chi connectivity index (χ0) is 89.3. The molecule has 14 heteroatoms. The van der Waals surface area contributed by atoms with Crippen molar-refractivity contribution in [3.8, 4) is 120 Å². The lowest BCUT2D eigenvalue weighted by atomic mass is 9.64. The van der Waals surface area contributed by atoms with Crippen LogP contribution in [0.1, 0.15) is 55.6 Å². The first-order valence-corrected chi connectivity index (χ1v) is 44.3. The van der Waals surface area contributed by atoms with E-state index in [9.17, 15) is 10.5 Å². The molecule has 2 aliphatic carbocycles. The zero-order valence-electron chi connectivity index (χ0n) is 71.6. The Bertz CT molecular complexity index is 8600. The second kappa shape index (κ2) is 31.0. The lowest BCUT2D eigenvalue weighted by Gasteiger charge is -2.45. The molecule has 0 amide bonds. The Kier molecular flexibility index (Phi) is 17.9. The van der Waals surface area contributed by atoms with Gasteiger partial charge in [-0.2, -0.15) is 10.5 Å². The number of furan rings is 1. The molecule has 2 spiro atoms. The van der Waals surface area contributed by atoms with Gasteiger partial charge < -0.3 is 18.8 Å². The highest BCUT2D eigenvalue weighted by Gasteiger charge is 2.54. The number of hydrogen-bond donors (Lipinski definition) is 0. The Morgan fingerprint density at radius 1 is 0.246 bits per heavy atom. The molecule has 14 nitrogen and oxygen atoms in total. The molecule has 6 heterocycles. The van der Waals surface area contributed by atoms with E-state index in [-0.39, 0.29) is 0 Å². The molecule has 4 aromatic heterocycles. The average Bonchev–Trinajstić information content (AvgIpc) is 1.53. The van der Waals surface area contributed by atoms with Crippen LogP contribution < -0.4 is 9.80 Å². The smallest absolute Gasteiger partial charge is 0.200 e. The van der Waals surface area contributed by atoms with Crippen LogP contribution in [0.2, 0.25) is 0 Å². The van der Waals surface area contributed by atoms with Crippen molar-refractivity contribution in [1.82, 2.24) is 34.5 Å². The minimum atomic E-state index is -0.698. The molecule has 0 unspecified atom stereocenters. The lowest BCUT2D eigenvalue weighted by molar-refractivity contribution is 0.669. The Morgan fingerprint density at radius 3 is 1.00 bits per heavy atom. The molecule has 0 saturated carbocycles. The summed E-state index contributed by atoms with van der Waals surface area (Å²) in [5.74, 6) is 2.54. The maximum Gasteiger partial charge on any atom is 0.200 e. The fraction of sp³-hybridized carbons (Fsp3) is 0.0167. The van der Waals surface area contributed by atoms with Gasteiger partial charge >= 0.3 is 0 Å². The largest absolute Gasteiger partial charge is 0.456 e. The number of aromatic nitrogens is 7. The molecule has 0 N–H and O–H groups in total. The molecule has 0 fully saturated rings. The standard InChI is InChI=1S/C60H35N7.C60H34N6O/c1-62-51-36-56(40(37-61)34-46(51)59-64-57(38-18-4-2-5-19-38)63-58(65-59)39-20-6-3-7-21-39)67-54-30-16-12-26-49(54)60(50-27-13-17-31-55(50)67)47-25-11-8-22-42(47)45-35-41(32-33-48(45)60)66-52-28-14-9-23-43(52)44-24-10-15-29-53(44)66;1-62-51-35-54(41(36-61)34-46(51)59-64-57(37-16-4-2-5-17-37)63-58(65-59)38-18-6-3-7-19-38)66-52-25-13-11-23-49(52)60(50-24-12-14-26-53(50)66)47-22-10-8-20-42(47)44-32-39(28-30-48(44)60)40-29-31-56-45(33-40)43-21-9-15-27-55(43)67-56/h2-36H;2-35H.